The van der Waals surface area contributed by atoms with Gasteiger partial charge in [0.1, 0.15) is 10.9 Å². The minimum Gasteiger partial charge on any atom is -0.497 e. The average Bonchev–Trinajstić information content (AvgIpc) is 2.99. The molecule has 0 fully saturated rings. The average molecular weight is 366 g/mol. The highest BCUT2D eigenvalue weighted by atomic mass is 35.5. The van der Waals surface area contributed by atoms with Gasteiger partial charge in [-0.1, -0.05) is 11.6 Å². The number of methoxy groups -OCH3 is 1. The first-order valence-electron chi connectivity index (χ1n) is 7.76. The number of fused-ring (bicyclic) bond motifs is 1. The van der Waals surface area contributed by atoms with Gasteiger partial charge in [-0.15, -0.1) is 0 Å². The normalized spacial score (nSPS) is 13.2. The third kappa shape index (κ3) is 3.13. The Morgan fingerprint density at radius 1 is 1.42 bits per heavy atom. The van der Waals surface area contributed by atoms with E-state index in [1.165, 1.54) is 5.56 Å². The number of benzene rings is 1. The summed E-state index contributed by atoms with van der Waals surface area (Å²) >= 11 is 7.86. The van der Waals surface area contributed by atoms with Crippen LogP contribution in [0.5, 0.6) is 5.75 Å². The highest BCUT2D eigenvalue weighted by molar-refractivity contribution is 7.98. The molecule has 5 nitrogen and oxygen atoms in total. The zero-order chi connectivity index (χ0) is 17.3. The molecule has 0 saturated carbocycles. The van der Waals surface area contributed by atoms with Crippen LogP contribution in [-0.2, 0) is 13.0 Å². The summed E-state index contributed by atoms with van der Waals surface area (Å²) in [6, 6.07) is 4.01. The van der Waals surface area contributed by atoms with Crippen molar-refractivity contribution in [2.45, 2.75) is 19.9 Å². The summed E-state index contributed by atoms with van der Waals surface area (Å²) < 4.78 is 6.99. The molecule has 0 radical (unpaired) electrons. The second-order valence-electron chi connectivity index (χ2n) is 5.73. The van der Waals surface area contributed by atoms with Gasteiger partial charge < -0.3 is 14.2 Å². The molecule has 2 heterocycles. The van der Waals surface area contributed by atoms with Crippen molar-refractivity contribution >= 4 is 34.9 Å². The van der Waals surface area contributed by atoms with Crippen LogP contribution in [0.3, 0.4) is 0 Å². The van der Waals surface area contributed by atoms with Gasteiger partial charge in [-0.2, -0.15) is 11.8 Å². The van der Waals surface area contributed by atoms with Crippen LogP contribution >= 0.6 is 23.4 Å². The lowest BCUT2D eigenvalue weighted by Gasteiger charge is -2.21. The number of nitrogens with zero attached hydrogens (tertiary/aromatic N) is 3. The maximum absolute atomic E-state index is 12.8. The smallest absolute Gasteiger partial charge is 0.293 e. The van der Waals surface area contributed by atoms with E-state index in [9.17, 15) is 4.79 Å². The molecular formula is C17H20ClN3O2S. The van der Waals surface area contributed by atoms with E-state index in [1.54, 1.807) is 29.6 Å². The SMILES string of the molecule is COc1cc(C)c2c(c1)CCN2c1nc(Cl)cn(CCSC)c1=O. The van der Waals surface area contributed by atoms with E-state index in [2.05, 4.69) is 4.98 Å². The van der Waals surface area contributed by atoms with Crippen LogP contribution in [0.4, 0.5) is 11.5 Å². The number of hydrogen-bond donors (Lipinski definition) is 0. The number of thioether (sulfide) groups is 1. The molecule has 128 valence electrons. The minimum atomic E-state index is -0.100. The molecule has 1 aromatic heterocycles. The third-order valence-corrected chi connectivity index (χ3v) is 4.96. The molecule has 24 heavy (non-hydrogen) atoms. The quantitative estimate of drug-likeness (QED) is 0.813. The standard InChI is InChI=1S/C17H20ClN3O2S/c1-11-8-13(23-2)9-12-4-5-21(15(11)12)16-17(22)20(6-7-24-3)10-14(18)19-16/h8-10H,4-7H2,1-3H3. The Morgan fingerprint density at radius 2 is 2.21 bits per heavy atom. The Bertz CT molecular complexity index is 822. The van der Waals surface area contributed by atoms with E-state index in [1.807, 2.05) is 30.2 Å². The molecule has 0 N–H and O–H groups in total. The first-order chi connectivity index (χ1) is 11.5. The zero-order valence-corrected chi connectivity index (χ0v) is 15.6. The summed E-state index contributed by atoms with van der Waals surface area (Å²) in [5, 5.41) is 0.338. The lowest BCUT2D eigenvalue weighted by atomic mass is 10.1. The fraction of sp³-hybridized carbons (Fsp3) is 0.412. The number of ether oxygens (including phenoxy) is 1. The van der Waals surface area contributed by atoms with Crippen molar-refractivity contribution in [2.24, 2.45) is 0 Å². The lowest BCUT2D eigenvalue weighted by Crippen LogP contribution is -2.30. The molecular weight excluding hydrogens is 346 g/mol. The van der Waals surface area contributed by atoms with Gasteiger partial charge in [0.15, 0.2) is 0 Å². The number of aryl methyl sites for hydroxylation is 2. The summed E-state index contributed by atoms with van der Waals surface area (Å²) in [4.78, 5) is 19.1. The first-order valence-corrected chi connectivity index (χ1v) is 9.53. The molecule has 0 saturated heterocycles. The molecule has 2 aromatic rings. The molecule has 3 rings (SSSR count). The highest BCUT2D eigenvalue weighted by Crippen LogP contribution is 2.38. The Balaban J connectivity index is 2.07. The van der Waals surface area contributed by atoms with Gasteiger partial charge in [-0.3, -0.25) is 4.79 Å². The molecule has 0 unspecified atom stereocenters. The molecule has 1 aromatic carbocycles. The van der Waals surface area contributed by atoms with Crippen molar-refractivity contribution in [1.29, 1.82) is 0 Å². The third-order valence-electron chi connectivity index (χ3n) is 4.18. The molecule has 1 aliphatic heterocycles. The van der Waals surface area contributed by atoms with Crippen LogP contribution in [0.15, 0.2) is 23.1 Å². The van der Waals surface area contributed by atoms with Gasteiger partial charge in [-0.05, 0) is 42.9 Å². The number of hydrogen-bond acceptors (Lipinski definition) is 5. The summed E-state index contributed by atoms with van der Waals surface area (Å²) in [7, 11) is 1.66. The maximum Gasteiger partial charge on any atom is 0.293 e. The topological polar surface area (TPSA) is 47.4 Å². The number of anilines is 2. The Morgan fingerprint density at radius 3 is 2.92 bits per heavy atom. The van der Waals surface area contributed by atoms with Crippen molar-refractivity contribution in [3.8, 4) is 5.75 Å². The molecule has 0 atom stereocenters. The molecule has 0 bridgehead atoms. The fourth-order valence-corrected chi connectivity index (χ4v) is 3.67. The summed E-state index contributed by atoms with van der Waals surface area (Å²) in [5.41, 5.74) is 3.18. The van der Waals surface area contributed by atoms with Gasteiger partial charge in [0, 0.05) is 30.7 Å². The van der Waals surface area contributed by atoms with Gasteiger partial charge in [0.25, 0.3) is 5.56 Å². The van der Waals surface area contributed by atoms with Crippen LogP contribution in [0, 0.1) is 6.92 Å². The fourth-order valence-electron chi connectivity index (χ4n) is 3.09. The zero-order valence-electron chi connectivity index (χ0n) is 14.0. The Labute approximate surface area is 150 Å². The van der Waals surface area contributed by atoms with Crippen molar-refractivity contribution < 1.29 is 4.74 Å². The van der Waals surface area contributed by atoms with E-state index in [0.717, 1.165) is 29.2 Å². The van der Waals surface area contributed by atoms with Crippen molar-refractivity contribution in [3.63, 3.8) is 0 Å². The van der Waals surface area contributed by atoms with Crippen LogP contribution in [0.25, 0.3) is 0 Å². The van der Waals surface area contributed by atoms with Crippen molar-refractivity contribution in [2.75, 3.05) is 30.6 Å². The van der Waals surface area contributed by atoms with Crippen LogP contribution in [0.2, 0.25) is 5.15 Å². The first kappa shape index (κ1) is 17.2. The molecule has 7 heteroatoms. The number of rotatable bonds is 5. The number of aromatic nitrogens is 2. The summed E-state index contributed by atoms with van der Waals surface area (Å²) in [5.74, 6) is 2.09. The van der Waals surface area contributed by atoms with E-state index < -0.39 is 0 Å². The predicted molar refractivity (Wildman–Crippen MR) is 100 cm³/mol. The van der Waals surface area contributed by atoms with Gasteiger partial charge in [0.2, 0.25) is 5.82 Å². The maximum atomic E-state index is 12.8. The van der Waals surface area contributed by atoms with E-state index in [0.29, 0.717) is 24.1 Å². The van der Waals surface area contributed by atoms with Crippen molar-refractivity contribution in [1.82, 2.24) is 9.55 Å². The highest BCUT2D eigenvalue weighted by Gasteiger charge is 2.27. The van der Waals surface area contributed by atoms with Gasteiger partial charge in [0.05, 0.1) is 7.11 Å². The Hall–Kier alpha value is -1.66. The largest absolute Gasteiger partial charge is 0.497 e. The number of halogens is 1. The summed E-state index contributed by atoms with van der Waals surface area (Å²) in [6.07, 6.45) is 4.48. The van der Waals surface area contributed by atoms with Crippen LogP contribution in [0.1, 0.15) is 11.1 Å². The molecule has 0 aliphatic carbocycles. The van der Waals surface area contributed by atoms with E-state index in [-0.39, 0.29) is 5.56 Å². The van der Waals surface area contributed by atoms with Gasteiger partial charge in [-0.25, -0.2) is 4.98 Å². The predicted octanol–water partition coefficient (Wildman–Crippen LogP) is 3.27. The second kappa shape index (κ2) is 7.07. The lowest BCUT2D eigenvalue weighted by molar-refractivity contribution is 0.414. The van der Waals surface area contributed by atoms with Crippen LogP contribution < -0.4 is 15.2 Å². The monoisotopic (exact) mass is 365 g/mol. The van der Waals surface area contributed by atoms with Crippen molar-refractivity contribution in [3.05, 3.63) is 45.0 Å². The molecule has 0 spiro atoms. The molecule has 1 aliphatic rings. The minimum absolute atomic E-state index is 0.100. The second-order valence-corrected chi connectivity index (χ2v) is 7.11. The van der Waals surface area contributed by atoms with Gasteiger partial charge >= 0.3 is 0 Å². The van der Waals surface area contributed by atoms with E-state index in [4.69, 9.17) is 16.3 Å². The Kier molecular flexibility index (Phi) is 5.06. The molecule has 0 amide bonds. The van der Waals surface area contributed by atoms with Crippen LogP contribution in [-0.4, -0.2) is 35.2 Å². The van der Waals surface area contributed by atoms with E-state index >= 15 is 0 Å². The summed E-state index contributed by atoms with van der Waals surface area (Å²) in [6.45, 7) is 3.36.